The number of unbranched alkanes of at least 4 members (excludes halogenated alkanes) is 1. The Bertz CT molecular complexity index is 3610. The number of nitrogens with one attached hydrogen (secondary N) is 2. The van der Waals surface area contributed by atoms with Crippen molar-refractivity contribution in [2.24, 2.45) is 0 Å². The van der Waals surface area contributed by atoms with Gasteiger partial charge in [-0.2, -0.15) is 26.3 Å². The Morgan fingerprint density at radius 1 is 0.656 bits per heavy atom. The maximum Gasteiger partial charge on any atom is 0.416 e. The van der Waals surface area contributed by atoms with Crippen molar-refractivity contribution in [1.82, 2.24) is 29.4 Å². The van der Waals surface area contributed by atoms with E-state index in [1.54, 1.807) is 40.9 Å². The Kier molecular flexibility index (Phi) is 22.9. The monoisotopic (exact) mass is 1330 g/mol. The second-order valence-electron chi connectivity index (χ2n) is 25.6. The summed E-state index contributed by atoms with van der Waals surface area (Å²) in [6.07, 6.45) is -5.13. The Balaban J connectivity index is 0.611. The smallest absolute Gasteiger partial charge is 0.416 e. The summed E-state index contributed by atoms with van der Waals surface area (Å²) in [6.45, 7) is 5.20. The second-order valence-corrected chi connectivity index (χ2v) is 25.6. The summed E-state index contributed by atoms with van der Waals surface area (Å²) in [4.78, 5) is 77.4. The number of alkyl halides is 6. The van der Waals surface area contributed by atoms with E-state index < -0.39 is 64.6 Å². The van der Waals surface area contributed by atoms with Crippen molar-refractivity contribution in [2.75, 3.05) is 117 Å². The average Bonchev–Trinajstić information content (AvgIpc) is 1.58. The molecule has 6 aromatic carbocycles. The Morgan fingerprint density at radius 2 is 1.29 bits per heavy atom. The molecule has 0 bridgehead atoms. The highest BCUT2D eigenvalue weighted by atomic mass is 19.4. The predicted molar refractivity (Wildman–Crippen MR) is 350 cm³/mol. The van der Waals surface area contributed by atoms with E-state index in [1.165, 1.54) is 24.3 Å². The summed E-state index contributed by atoms with van der Waals surface area (Å²) >= 11 is 0. The molecule has 4 aliphatic rings. The number of likely N-dealkylation sites (tertiary alicyclic amines) is 2. The molecule has 3 saturated heterocycles. The fourth-order valence-electron chi connectivity index (χ4n) is 13.5. The molecule has 0 aromatic heterocycles. The zero-order valence-electron chi connectivity index (χ0n) is 54.4. The fraction of sp³-hybridized carbons (Fsp3) is 0.438. The lowest BCUT2D eigenvalue weighted by molar-refractivity contribution is -0.143. The molecule has 23 heteroatoms. The maximum absolute atomic E-state index is 14.2. The van der Waals surface area contributed by atoms with Gasteiger partial charge in [0.25, 0.3) is 11.8 Å². The van der Waals surface area contributed by atoms with Crippen molar-refractivity contribution < 1.29 is 68.9 Å². The average molecular weight is 1330 g/mol. The van der Waals surface area contributed by atoms with Gasteiger partial charge in [0, 0.05) is 108 Å². The number of ether oxygens (including phenoxy) is 3. The topological polar surface area (TPSA) is 157 Å². The van der Waals surface area contributed by atoms with Gasteiger partial charge in [-0.1, -0.05) is 84.9 Å². The highest BCUT2D eigenvalue weighted by molar-refractivity contribution is 5.95. The largest absolute Gasteiger partial charge is 0.446 e. The molecule has 512 valence electrons. The van der Waals surface area contributed by atoms with Crippen molar-refractivity contribution in [3.63, 3.8) is 0 Å². The second kappa shape index (κ2) is 31.2. The Hall–Kier alpha value is -8.38. The third-order valence-electron chi connectivity index (χ3n) is 19.3. The standard InChI is InChI=1S/C73H83F7N8O8/c1-83(35-13-36-85(3)67(91)52-21-27-59(28-22-52)81-34-12-11-20-65(89)84(2)42-43-86-37-29-60(30-38-86)96-69(93)82-63-19-10-8-17-61(63)51-14-5-4-6-15-51)66(90)48-94-64-46-53-16-7-9-18-62(53)70(64)31-39-87(40-32-70)41-33-71(55-23-25-58(74)26-24-55)49-88(50-95-71)68(92)54-44-56(72(75,76)77)47-57(45-54)73(78,79)80/h4-10,14-19,21-28,44-45,47,60,64,81H,11-13,20,29-43,46,48-50H2,1-3H3,(H,82,93)/t64-,71+/m0/s1. The first-order valence-electron chi connectivity index (χ1n) is 32.8. The van der Waals surface area contributed by atoms with Crippen LogP contribution >= 0.6 is 0 Å². The number of hydrogen-bond acceptors (Lipinski definition) is 11. The van der Waals surface area contributed by atoms with Crippen molar-refractivity contribution in [3.8, 4) is 11.1 Å². The summed E-state index contributed by atoms with van der Waals surface area (Å²) in [6, 6.07) is 39.2. The van der Waals surface area contributed by atoms with Crippen molar-refractivity contribution >= 4 is 41.1 Å². The number of para-hydroxylation sites is 1. The third kappa shape index (κ3) is 17.6. The van der Waals surface area contributed by atoms with Gasteiger partial charge in [0.15, 0.2) is 0 Å². The third-order valence-corrected chi connectivity index (χ3v) is 19.3. The molecule has 0 unspecified atom stereocenters. The Labute approximate surface area is 555 Å². The van der Waals surface area contributed by atoms with Crippen LogP contribution in [-0.4, -0.2) is 178 Å². The molecule has 96 heavy (non-hydrogen) atoms. The number of piperidine rings is 2. The summed E-state index contributed by atoms with van der Waals surface area (Å²) < 4.78 is 116. The zero-order valence-corrected chi connectivity index (χ0v) is 54.4. The van der Waals surface area contributed by atoms with Gasteiger partial charge in [-0.15, -0.1) is 0 Å². The highest BCUT2D eigenvalue weighted by Crippen LogP contribution is 2.48. The first kappa shape index (κ1) is 70.4. The van der Waals surface area contributed by atoms with Crippen molar-refractivity contribution in [2.45, 2.75) is 99.8 Å². The van der Waals surface area contributed by atoms with E-state index in [4.69, 9.17) is 14.2 Å². The molecule has 16 nitrogen and oxygen atoms in total. The van der Waals surface area contributed by atoms with Gasteiger partial charge in [-0.3, -0.25) is 24.5 Å². The van der Waals surface area contributed by atoms with E-state index in [1.807, 2.05) is 85.9 Å². The number of carbonyl (C=O) groups excluding carboxylic acids is 5. The van der Waals surface area contributed by atoms with Crippen LogP contribution in [0.3, 0.4) is 0 Å². The van der Waals surface area contributed by atoms with Crippen LogP contribution in [0.25, 0.3) is 11.1 Å². The zero-order chi connectivity index (χ0) is 68.2. The summed E-state index contributed by atoms with van der Waals surface area (Å²) in [5.41, 5.74) is 1.13. The SMILES string of the molecule is CN(CCN1CCC(OC(=O)Nc2ccccc2-c2ccccc2)CC1)C(=O)CCCCNc1ccc(C(=O)N(C)CCCN(C)C(=O)CO[C@H]2Cc3ccccc3C23CCN(CC[C@]2(c4ccc(F)cc4)CN(C(=O)c4cc(C(F)(F)F)cc(C(F)(F)F)c4)CO2)CC3)cc1. The highest BCUT2D eigenvalue weighted by Gasteiger charge is 2.50. The van der Waals surface area contributed by atoms with E-state index in [-0.39, 0.29) is 55.6 Å². The van der Waals surface area contributed by atoms with Gasteiger partial charge in [0.2, 0.25) is 11.8 Å². The quantitative estimate of drug-likeness (QED) is 0.0415. The minimum absolute atomic E-state index is 0.0292. The molecule has 1 aliphatic carbocycles. The molecule has 0 radical (unpaired) electrons. The molecule has 10 rings (SSSR count). The van der Waals surface area contributed by atoms with Gasteiger partial charge < -0.3 is 48.9 Å². The first-order valence-corrected chi connectivity index (χ1v) is 32.8. The lowest BCUT2D eigenvalue weighted by Gasteiger charge is -2.44. The van der Waals surface area contributed by atoms with E-state index in [2.05, 4.69) is 32.6 Å². The number of fused-ring (bicyclic) bond motifs is 2. The molecule has 3 aliphatic heterocycles. The van der Waals surface area contributed by atoms with Crippen molar-refractivity contribution in [1.29, 1.82) is 0 Å². The van der Waals surface area contributed by atoms with E-state index in [0.29, 0.717) is 107 Å². The molecule has 0 saturated carbocycles. The van der Waals surface area contributed by atoms with Gasteiger partial charge in [0.1, 0.15) is 30.9 Å². The maximum atomic E-state index is 14.2. The molecule has 6 aromatic rings. The van der Waals surface area contributed by atoms with Crippen molar-refractivity contribution in [3.05, 3.63) is 190 Å². The molecule has 2 N–H and O–H groups in total. The van der Waals surface area contributed by atoms with Crippen LogP contribution in [-0.2, 0) is 53.6 Å². The number of benzene rings is 6. The number of halogens is 7. The van der Waals surface area contributed by atoms with Crippen LogP contribution in [0.1, 0.15) is 106 Å². The Morgan fingerprint density at radius 3 is 1.99 bits per heavy atom. The van der Waals surface area contributed by atoms with E-state index in [0.717, 1.165) is 78.2 Å². The van der Waals surface area contributed by atoms with Gasteiger partial charge in [-0.05, 0) is 154 Å². The van der Waals surface area contributed by atoms with Crippen LogP contribution < -0.4 is 10.6 Å². The van der Waals surface area contributed by atoms with Crippen LogP contribution in [0.4, 0.5) is 46.9 Å². The molecule has 1 spiro atoms. The fourth-order valence-corrected chi connectivity index (χ4v) is 13.5. The van der Waals surface area contributed by atoms with Gasteiger partial charge in [0.05, 0.1) is 29.5 Å². The molecular formula is C73H83F7N8O8. The number of likely N-dealkylation sites (N-methyl/N-ethyl adjacent to an activating group) is 2. The molecule has 2 atom stereocenters. The number of amides is 5. The number of rotatable bonds is 25. The predicted octanol–water partition coefficient (Wildman–Crippen LogP) is 12.6. The number of anilines is 2. The minimum atomic E-state index is -5.15. The summed E-state index contributed by atoms with van der Waals surface area (Å²) in [5.74, 6) is -1.86. The number of carbonyl (C=O) groups is 5. The molecule has 3 heterocycles. The number of hydrogen-bond donors (Lipinski definition) is 2. The lowest BCUT2D eigenvalue weighted by atomic mass is 9.72. The first-order chi connectivity index (χ1) is 46.0. The van der Waals surface area contributed by atoms with Crippen LogP contribution in [0.2, 0.25) is 0 Å². The normalized spacial score (nSPS) is 18.2. The molecular weight excluding hydrogens is 1250 g/mol. The minimum Gasteiger partial charge on any atom is -0.446 e. The molecule has 5 amide bonds. The summed E-state index contributed by atoms with van der Waals surface area (Å²) in [7, 11) is 5.28. The molecule has 3 fully saturated rings. The lowest BCUT2D eigenvalue weighted by Crippen LogP contribution is -2.50. The van der Waals surface area contributed by atoms with Crippen LogP contribution in [0.5, 0.6) is 0 Å². The number of nitrogens with zero attached hydrogens (tertiary/aromatic N) is 6. The van der Waals surface area contributed by atoms with E-state index >= 15 is 0 Å². The van der Waals surface area contributed by atoms with E-state index in [9.17, 15) is 54.7 Å². The van der Waals surface area contributed by atoms with Crippen LogP contribution in [0, 0.1) is 5.82 Å². The van der Waals surface area contributed by atoms with Gasteiger partial charge >= 0.3 is 18.4 Å². The van der Waals surface area contributed by atoms with Gasteiger partial charge in [-0.25, -0.2) is 9.18 Å². The summed E-state index contributed by atoms with van der Waals surface area (Å²) in [5, 5.41) is 6.32. The van der Waals surface area contributed by atoms with Crippen LogP contribution in [0.15, 0.2) is 146 Å².